The Morgan fingerprint density at radius 1 is 0.939 bits per heavy atom. The summed E-state index contributed by atoms with van der Waals surface area (Å²) in [6.45, 7) is 0.110. The van der Waals surface area contributed by atoms with Crippen molar-refractivity contribution in [1.29, 1.82) is 0 Å². The molecular formula is C26H21FN2O4. The first kappa shape index (κ1) is 21.8. The topological polar surface area (TPSA) is 69.6 Å². The number of halogens is 1. The monoisotopic (exact) mass is 444 g/mol. The molecule has 0 saturated heterocycles. The number of carbonyl (C=O) groups excluding carboxylic acids is 1. The fourth-order valence-corrected chi connectivity index (χ4v) is 3.11. The lowest BCUT2D eigenvalue weighted by molar-refractivity contribution is 0.101. The summed E-state index contributed by atoms with van der Waals surface area (Å²) in [5, 5.41) is 2.77. The predicted octanol–water partition coefficient (Wildman–Crippen LogP) is 5.15. The SMILES string of the molecule is Cn1cc(OCc2ccc(F)cc2)c(=O)cc1C(=O)Nc1ccc(Oc2ccccc2)cc1. The van der Waals surface area contributed by atoms with E-state index in [0.717, 1.165) is 5.56 Å². The first-order chi connectivity index (χ1) is 16.0. The highest BCUT2D eigenvalue weighted by Crippen LogP contribution is 2.23. The van der Waals surface area contributed by atoms with Crippen LogP contribution >= 0.6 is 0 Å². The maximum Gasteiger partial charge on any atom is 0.272 e. The summed E-state index contributed by atoms with van der Waals surface area (Å²) in [6.07, 6.45) is 1.46. The van der Waals surface area contributed by atoms with E-state index in [0.29, 0.717) is 17.2 Å². The summed E-state index contributed by atoms with van der Waals surface area (Å²) in [4.78, 5) is 25.2. The smallest absolute Gasteiger partial charge is 0.272 e. The fraction of sp³-hybridized carbons (Fsp3) is 0.0769. The first-order valence-electron chi connectivity index (χ1n) is 10.2. The molecule has 7 heteroatoms. The Kier molecular flexibility index (Phi) is 6.50. The highest BCUT2D eigenvalue weighted by molar-refractivity contribution is 6.03. The number of hydrogen-bond acceptors (Lipinski definition) is 4. The lowest BCUT2D eigenvalue weighted by Crippen LogP contribution is -2.21. The minimum atomic E-state index is -0.434. The van der Waals surface area contributed by atoms with Crippen LogP contribution in [0.25, 0.3) is 0 Å². The molecule has 0 aliphatic carbocycles. The zero-order valence-corrected chi connectivity index (χ0v) is 17.8. The van der Waals surface area contributed by atoms with Gasteiger partial charge in [-0.15, -0.1) is 0 Å². The number of nitrogens with zero attached hydrogens (tertiary/aromatic N) is 1. The average Bonchev–Trinajstić information content (AvgIpc) is 2.82. The molecule has 0 atom stereocenters. The second-order valence-electron chi connectivity index (χ2n) is 7.31. The van der Waals surface area contributed by atoms with Gasteiger partial charge < -0.3 is 19.4 Å². The number of nitrogens with one attached hydrogen (secondary N) is 1. The lowest BCUT2D eigenvalue weighted by atomic mass is 10.2. The van der Waals surface area contributed by atoms with Gasteiger partial charge in [-0.25, -0.2) is 4.39 Å². The third kappa shape index (κ3) is 5.65. The molecule has 6 nitrogen and oxygen atoms in total. The number of benzene rings is 3. The zero-order valence-electron chi connectivity index (χ0n) is 17.8. The van der Waals surface area contributed by atoms with E-state index in [1.54, 1.807) is 43.4 Å². The third-order valence-corrected chi connectivity index (χ3v) is 4.83. The first-order valence-corrected chi connectivity index (χ1v) is 10.2. The van der Waals surface area contributed by atoms with Gasteiger partial charge in [0.1, 0.15) is 29.6 Å². The highest BCUT2D eigenvalue weighted by Gasteiger charge is 2.13. The van der Waals surface area contributed by atoms with Crippen LogP contribution in [-0.2, 0) is 13.7 Å². The van der Waals surface area contributed by atoms with Crippen molar-refractivity contribution in [2.75, 3.05) is 5.32 Å². The number of carbonyl (C=O) groups is 1. The van der Waals surface area contributed by atoms with Crippen LogP contribution in [0.1, 0.15) is 16.1 Å². The van der Waals surface area contributed by atoms with Crippen LogP contribution in [0.4, 0.5) is 10.1 Å². The summed E-state index contributed by atoms with van der Waals surface area (Å²) in [6, 6.07) is 23.3. The van der Waals surface area contributed by atoms with Gasteiger partial charge in [-0.1, -0.05) is 30.3 Å². The van der Waals surface area contributed by atoms with Crippen LogP contribution < -0.4 is 20.2 Å². The van der Waals surface area contributed by atoms with Crippen LogP contribution in [0.15, 0.2) is 95.9 Å². The Hall–Kier alpha value is -4.39. The second kappa shape index (κ2) is 9.82. The van der Waals surface area contributed by atoms with E-state index >= 15 is 0 Å². The van der Waals surface area contributed by atoms with Crippen LogP contribution in [0.3, 0.4) is 0 Å². The normalized spacial score (nSPS) is 10.5. The standard InChI is InChI=1S/C26H21FN2O4/c1-29-16-25(32-17-18-7-9-19(27)10-8-18)24(30)15-23(29)26(31)28-20-11-13-22(14-12-20)33-21-5-3-2-4-6-21/h2-16H,17H2,1H3,(H,28,31). The van der Waals surface area contributed by atoms with Crippen LogP contribution in [-0.4, -0.2) is 10.5 Å². The molecule has 166 valence electrons. The fourth-order valence-electron chi connectivity index (χ4n) is 3.11. The molecule has 0 spiro atoms. The van der Waals surface area contributed by atoms with Crippen LogP contribution in [0, 0.1) is 5.82 Å². The molecule has 0 aliphatic rings. The molecule has 0 fully saturated rings. The van der Waals surface area contributed by atoms with Gasteiger partial charge in [0.05, 0.1) is 6.20 Å². The van der Waals surface area contributed by atoms with Crippen LogP contribution in [0.2, 0.25) is 0 Å². The number of aromatic nitrogens is 1. The van der Waals surface area contributed by atoms with Gasteiger partial charge in [0.2, 0.25) is 5.43 Å². The van der Waals surface area contributed by atoms with E-state index in [9.17, 15) is 14.0 Å². The van der Waals surface area contributed by atoms with Crippen molar-refractivity contribution >= 4 is 11.6 Å². The number of anilines is 1. The summed E-state index contributed by atoms with van der Waals surface area (Å²) in [5.74, 6) is 0.667. The minimum absolute atomic E-state index is 0.0980. The van der Waals surface area contributed by atoms with Gasteiger partial charge in [0.25, 0.3) is 5.91 Å². The molecule has 0 bridgehead atoms. The van der Waals surface area contributed by atoms with Crippen LogP contribution in [0.5, 0.6) is 17.2 Å². The molecule has 1 aromatic heterocycles. The maximum absolute atomic E-state index is 13.0. The van der Waals surface area contributed by atoms with Crippen molar-refractivity contribution in [1.82, 2.24) is 4.57 Å². The minimum Gasteiger partial charge on any atom is -0.483 e. The number of pyridine rings is 1. The van der Waals surface area contributed by atoms with Crippen molar-refractivity contribution < 1.29 is 18.7 Å². The van der Waals surface area contributed by atoms with Crippen molar-refractivity contribution in [2.45, 2.75) is 6.61 Å². The van der Waals surface area contributed by atoms with Crippen molar-refractivity contribution in [3.63, 3.8) is 0 Å². The van der Waals surface area contributed by atoms with Gasteiger partial charge in [-0.2, -0.15) is 0 Å². The lowest BCUT2D eigenvalue weighted by Gasteiger charge is -2.12. The van der Waals surface area contributed by atoms with E-state index in [2.05, 4.69) is 5.32 Å². The van der Waals surface area contributed by atoms with Gasteiger partial charge >= 0.3 is 0 Å². The number of para-hydroxylation sites is 1. The molecule has 1 amide bonds. The highest BCUT2D eigenvalue weighted by atomic mass is 19.1. The molecule has 1 N–H and O–H groups in total. The summed E-state index contributed by atoms with van der Waals surface area (Å²) < 4.78 is 25.8. The number of amides is 1. The van der Waals surface area contributed by atoms with E-state index < -0.39 is 11.3 Å². The van der Waals surface area contributed by atoms with E-state index in [1.807, 2.05) is 30.3 Å². The summed E-state index contributed by atoms with van der Waals surface area (Å²) >= 11 is 0. The van der Waals surface area contributed by atoms with E-state index in [-0.39, 0.29) is 23.9 Å². The van der Waals surface area contributed by atoms with Gasteiger partial charge in [-0.05, 0) is 54.1 Å². The van der Waals surface area contributed by atoms with Gasteiger partial charge in [0, 0.05) is 18.8 Å². The summed E-state index contributed by atoms with van der Waals surface area (Å²) in [5.41, 5.74) is 1.04. The predicted molar refractivity (Wildman–Crippen MR) is 123 cm³/mol. The Bertz CT molecular complexity index is 1300. The summed E-state index contributed by atoms with van der Waals surface area (Å²) in [7, 11) is 1.65. The zero-order chi connectivity index (χ0) is 23.2. The Labute approximate surface area is 189 Å². The molecule has 0 radical (unpaired) electrons. The molecule has 4 rings (SSSR count). The van der Waals surface area contributed by atoms with Gasteiger partial charge in [0.15, 0.2) is 5.75 Å². The molecule has 0 aliphatic heterocycles. The van der Waals surface area contributed by atoms with E-state index in [4.69, 9.17) is 9.47 Å². The molecular weight excluding hydrogens is 423 g/mol. The Balaban J connectivity index is 1.41. The van der Waals surface area contributed by atoms with Crippen molar-refractivity contribution in [3.8, 4) is 17.2 Å². The molecule has 33 heavy (non-hydrogen) atoms. The largest absolute Gasteiger partial charge is 0.483 e. The molecule has 1 heterocycles. The van der Waals surface area contributed by atoms with Gasteiger partial charge in [-0.3, -0.25) is 9.59 Å². The molecule has 0 saturated carbocycles. The van der Waals surface area contributed by atoms with Crippen molar-refractivity contribution in [2.24, 2.45) is 7.05 Å². The maximum atomic E-state index is 13.0. The second-order valence-corrected chi connectivity index (χ2v) is 7.31. The third-order valence-electron chi connectivity index (χ3n) is 4.83. The molecule has 3 aromatic carbocycles. The molecule has 0 unspecified atom stereocenters. The quantitative estimate of drug-likeness (QED) is 0.428. The Morgan fingerprint density at radius 2 is 1.61 bits per heavy atom. The number of ether oxygens (including phenoxy) is 2. The molecule has 4 aromatic rings. The number of rotatable bonds is 7. The average molecular weight is 444 g/mol. The van der Waals surface area contributed by atoms with Crippen molar-refractivity contribution in [3.05, 3.63) is 118 Å². The van der Waals surface area contributed by atoms with E-state index in [1.165, 1.54) is 29.0 Å². The Morgan fingerprint density at radius 3 is 2.30 bits per heavy atom. The number of hydrogen-bond donors (Lipinski definition) is 1. The number of aryl methyl sites for hydroxylation is 1.